The number of rotatable bonds is 1. The Morgan fingerprint density at radius 3 is 2.42 bits per heavy atom. The van der Waals surface area contributed by atoms with Gasteiger partial charge in [0.2, 0.25) is 0 Å². The number of aliphatic hydroxyl groups is 1. The van der Waals surface area contributed by atoms with Gasteiger partial charge in [0, 0.05) is 6.54 Å². The van der Waals surface area contributed by atoms with Crippen LogP contribution in [0.5, 0.6) is 0 Å². The number of hydrogen-bond acceptors (Lipinski definition) is 2. The summed E-state index contributed by atoms with van der Waals surface area (Å²) in [5.41, 5.74) is 4.92. The second-order valence-electron chi connectivity index (χ2n) is 3.63. The van der Waals surface area contributed by atoms with E-state index in [0.29, 0.717) is 12.5 Å². The first kappa shape index (κ1) is 15.1. The molecule has 1 saturated carbocycles. The van der Waals surface area contributed by atoms with Crippen LogP contribution in [0.15, 0.2) is 0 Å². The van der Waals surface area contributed by atoms with Crippen molar-refractivity contribution in [2.75, 3.05) is 6.54 Å². The first-order chi connectivity index (χ1) is 4.66. The molecule has 2 nitrogen and oxygen atoms in total. The van der Waals surface area contributed by atoms with Crippen LogP contribution in [0.3, 0.4) is 0 Å². The van der Waals surface area contributed by atoms with E-state index in [2.05, 4.69) is 6.92 Å². The summed E-state index contributed by atoms with van der Waals surface area (Å²) in [6, 6.07) is 0. The summed E-state index contributed by atoms with van der Waals surface area (Å²) in [7, 11) is 0. The molecule has 3 N–H and O–H groups in total. The van der Waals surface area contributed by atoms with Crippen molar-refractivity contribution < 1.29 is 5.11 Å². The molecular weight excluding hydrogens is 190 g/mol. The van der Waals surface area contributed by atoms with Crippen LogP contribution in [0.2, 0.25) is 0 Å². The van der Waals surface area contributed by atoms with Crippen molar-refractivity contribution >= 4 is 27.0 Å². The summed E-state index contributed by atoms with van der Waals surface area (Å²) < 4.78 is 0. The van der Waals surface area contributed by atoms with Gasteiger partial charge in [-0.25, -0.2) is 0 Å². The lowest BCUT2D eigenvalue weighted by atomic mass is 9.79. The maximum atomic E-state index is 9.73. The first-order valence-electron chi connectivity index (χ1n) is 4.09. The molecule has 0 amide bonds. The average Bonchev–Trinajstić information content (AvgIpc) is 1.88. The van der Waals surface area contributed by atoms with Gasteiger partial charge in [0.1, 0.15) is 0 Å². The van der Waals surface area contributed by atoms with Crippen LogP contribution in [0.4, 0.5) is 0 Å². The zero-order valence-electron chi connectivity index (χ0n) is 7.64. The second-order valence-corrected chi connectivity index (χ2v) is 3.63. The molecule has 0 radical (unpaired) electrons. The van der Waals surface area contributed by atoms with E-state index >= 15 is 0 Å². The van der Waals surface area contributed by atoms with Crippen LogP contribution in [-0.2, 0) is 0 Å². The molecule has 0 aromatic carbocycles. The third-order valence-electron chi connectivity index (χ3n) is 2.45. The normalized spacial score (nSPS) is 34.8. The molecule has 0 aliphatic heterocycles. The molecule has 1 fully saturated rings. The molecule has 0 heterocycles. The minimum Gasteiger partial charge on any atom is -0.389 e. The highest BCUT2D eigenvalue weighted by atomic mass is 32.1. The summed E-state index contributed by atoms with van der Waals surface area (Å²) >= 11 is 0. The van der Waals surface area contributed by atoms with Gasteiger partial charge in [-0.1, -0.05) is 19.8 Å². The lowest BCUT2D eigenvalue weighted by molar-refractivity contribution is -0.00446. The van der Waals surface area contributed by atoms with Crippen molar-refractivity contribution in [1.29, 1.82) is 0 Å². The summed E-state index contributed by atoms with van der Waals surface area (Å²) in [5.74, 6) is 0.655. The Bertz CT molecular complexity index is 124. The third-order valence-corrected chi connectivity index (χ3v) is 2.45. The minimum absolute atomic E-state index is 0. The topological polar surface area (TPSA) is 46.2 Å². The third kappa shape index (κ3) is 4.03. The van der Waals surface area contributed by atoms with Gasteiger partial charge >= 0.3 is 0 Å². The van der Waals surface area contributed by atoms with Crippen molar-refractivity contribution in [2.24, 2.45) is 11.7 Å². The summed E-state index contributed by atoms with van der Waals surface area (Å²) in [6.07, 6.45) is 4.18. The van der Waals surface area contributed by atoms with Crippen LogP contribution in [0.1, 0.15) is 32.6 Å². The maximum absolute atomic E-state index is 9.73. The van der Waals surface area contributed by atoms with E-state index in [1.807, 2.05) is 0 Å². The predicted molar refractivity (Wildman–Crippen MR) is 62.4 cm³/mol. The molecule has 1 rings (SSSR count). The van der Waals surface area contributed by atoms with Crippen molar-refractivity contribution in [2.45, 2.75) is 38.2 Å². The van der Waals surface area contributed by atoms with Crippen molar-refractivity contribution in [3.8, 4) is 0 Å². The fourth-order valence-electron chi connectivity index (χ4n) is 1.82. The van der Waals surface area contributed by atoms with Gasteiger partial charge < -0.3 is 10.8 Å². The van der Waals surface area contributed by atoms with E-state index in [0.717, 1.165) is 19.3 Å². The van der Waals surface area contributed by atoms with Crippen LogP contribution < -0.4 is 5.73 Å². The molecule has 12 heavy (non-hydrogen) atoms. The zero-order chi connectivity index (χ0) is 7.61. The van der Waals surface area contributed by atoms with E-state index < -0.39 is 5.60 Å². The van der Waals surface area contributed by atoms with Crippen LogP contribution in [-0.4, -0.2) is 17.3 Å². The molecule has 76 valence electrons. The van der Waals surface area contributed by atoms with Crippen molar-refractivity contribution in [3.63, 3.8) is 0 Å². The van der Waals surface area contributed by atoms with Gasteiger partial charge in [0.15, 0.2) is 0 Å². The summed E-state index contributed by atoms with van der Waals surface area (Å²) in [6.45, 7) is 2.61. The molecule has 4 heteroatoms. The highest BCUT2D eigenvalue weighted by Crippen LogP contribution is 2.30. The van der Waals surface area contributed by atoms with E-state index in [9.17, 15) is 5.11 Å². The van der Waals surface area contributed by atoms with E-state index in [-0.39, 0.29) is 27.0 Å². The van der Waals surface area contributed by atoms with Gasteiger partial charge in [0.25, 0.3) is 0 Å². The summed E-state index contributed by atoms with van der Waals surface area (Å²) in [5, 5.41) is 9.73. The van der Waals surface area contributed by atoms with Crippen molar-refractivity contribution in [3.05, 3.63) is 0 Å². The minimum atomic E-state index is -0.530. The number of nitrogens with two attached hydrogens (primary N) is 1. The van der Waals surface area contributed by atoms with Crippen LogP contribution in [0, 0.1) is 5.92 Å². The zero-order valence-corrected chi connectivity index (χ0v) is 9.64. The van der Waals surface area contributed by atoms with Gasteiger partial charge in [-0.05, 0) is 18.8 Å². The fourth-order valence-corrected chi connectivity index (χ4v) is 1.82. The molecule has 0 bridgehead atoms. The smallest absolute Gasteiger partial charge is 0.0772 e. The highest BCUT2D eigenvalue weighted by Gasteiger charge is 2.30. The van der Waals surface area contributed by atoms with E-state index in [1.165, 1.54) is 6.42 Å². The fraction of sp³-hybridized carbons (Fsp3) is 1.00. The van der Waals surface area contributed by atoms with E-state index in [1.54, 1.807) is 0 Å². The predicted octanol–water partition coefficient (Wildman–Crippen LogP) is 1.11. The Morgan fingerprint density at radius 2 is 2.08 bits per heavy atom. The first-order valence-corrected chi connectivity index (χ1v) is 4.09. The lowest BCUT2D eigenvalue weighted by Gasteiger charge is -2.34. The molecule has 0 aromatic heterocycles. The molecule has 0 aromatic rings. The number of hydrogen-bond donors (Lipinski definition) is 2. The van der Waals surface area contributed by atoms with Crippen LogP contribution >= 0.6 is 27.0 Å². The molecule has 0 unspecified atom stereocenters. The van der Waals surface area contributed by atoms with Gasteiger partial charge in [-0.2, -0.15) is 27.0 Å². The van der Waals surface area contributed by atoms with Gasteiger partial charge in [0.05, 0.1) is 5.60 Å². The largest absolute Gasteiger partial charge is 0.389 e. The monoisotopic (exact) mass is 211 g/mol. The Kier molecular flexibility index (Phi) is 7.72. The lowest BCUT2D eigenvalue weighted by Crippen LogP contribution is -2.41. The van der Waals surface area contributed by atoms with Gasteiger partial charge in [-0.3, -0.25) is 0 Å². The van der Waals surface area contributed by atoms with Gasteiger partial charge in [-0.15, -0.1) is 0 Å². The Morgan fingerprint density at radius 1 is 1.50 bits per heavy atom. The Balaban J connectivity index is 0. The highest BCUT2D eigenvalue weighted by molar-refractivity contribution is 7.59. The molecule has 1 aliphatic rings. The quantitative estimate of drug-likeness (QED) is 0.682. The Hall–Kier alpha value is 0.620. The molecule has 1 aliphatic carbocycles. The molecule has 0 saturated heterocycles. The van der Waals surface area contributed by atoms with E-state index in [4.69, 9.17) is 5.73 Å². The molecular formula is C8H21NOS2. The molecule has 0 spiro atoms. The maximum Gasteiger partial charge on any atom is 0.0772 e. The molecule has 2 atom stereocenters. The van der Waals surface area contributed by atoms with Crippen LogP contribution in [0.25, 0.3) is 0 Å². The standard InChI is InChI=1S/C8H17NO.2H2S/c1-7-3-2-4-8(10,5-7)6-9;;/h7,10H,2-6,9H2,1H3;2*1H2/t7-,8-;;/m0../s1. The Labute approximate surface area is 88.8 Å². The average molecular weight is 211 g/mol. The second kappa shape index (κ2) is 6.13. The van der Waals surface area contributed by atoms with Crippen molar-refractivity contribution in [1.82, 2.24) is 0 Å². The SMILES string of the molecule is C[C@H]1CCC[C@@](O)(CN)C1.S.S. The summed E-state index contributed by atoms with van der Waals surface area (Å²) in [4.78, 5) is 0.